The predicted octanol–water partition coefficient (Wildman–Crippen LogP) is 4.19. The Morgan fingerprint density at radius 1 is 1.07 bits per heavy atom. The van der Waals surface area contributed by atoms with Crippen LogP contribution in [-0.2, 0) is 9.59 Å². The van der Waals surface area contributed by atoms with Crippen LogP contribution in [0.1, 0.15) is 11.1 Å². The number of hydrogen-bond acceptors (Lipinski definition) is 7. The quantitative estimate of drug-likeness (QED) is 0.601. The van der Waals surface area contributed by atoms with Crippen molar-refractivity contribution in [1.82, 2.24) is 9.97 Å². The summed E-state index contributed by atoms with van der Waals surface area (Å²) < 4.78 is 0. The average Bonchev–Trinajstić information content (AvgIpc) is 3.27. The summed E-state index contributed by atoms with van der Waals surface area (Å²) in [5, 5.41) is 10.3. The number of carbonyl (C=O) groups is 2. The predicted molar refractivity (Wildman–Crippen MR) is 114 cm³/mol. The van der Waals surface area contributed by atoms with Crippen LogP contribution >= 0.6 is 34.4 Å². The molecule has 3 aromatic rings. The van der Waals surface area contributed by atoms with Crippen LogP contribution in [0, 0.1) is 13.8 Å². The molecule has 0 aliphatic rings. The van der Waals surface area contributed by atoms with Crippen molar-refractivity contribution in [3.05, 3.63) is 46.3 Å². The van der Waals surface area contributed by atoms with Gasteiger partial charge in [0.25, 0.3) is 0 Å². The fraction of sp³-hybridized carbons (Fsp3) is 0.222. The Morgan fingerprint density at radius 3 is 2.48 bits per heavy atom. The molecule has 0 aliphatic heterocycles. The Hall–Kier alpha value is -2.23. The molecule has 3 rings (SSSR count). The largest absolute Gasteiger partial charge is 0.301 e. The lowest BCUT2D eigenvalue weighted by Crippen LogP contribution is -2.18. The Morgan fingerprint density at radius 2 is 1.81 bits per heavy atom. The highest BCUT2D eigenvalue weighted by molar-refractivity contribution is 8.00. The molecule has 0 atom stereocenters. The Kier molecular flexibility index (Phi) is 6.59. The van der Waals surface area contributed by atoms with Gasteiger partial charge >= 0.3 is 0 Å². The maximum absolute atomic E-state index is 12.1. The molecular weight excluding hydrogens is 400 g/mol. The highest BCUT2D eigenvalue weighted by Gasteiger charge is 2.11. The van der Waals surface area contributed by atoms with E-state index in [-0.39, 0.29) is 23.3 Å². The monoisotopic (exact) mass is 418 g/mol. The van der Waals surface area contributed by atoms with E-state index < -0.39 is 0 Å². The number of nitrogens with one attached hydrogen (secondary N) is 2. The summed E-state index contributed by atoms with van der Waals surface area (Å²) in [5.41, 5.74) is 4.27. The van der Waals surface area contributed by atoms with Gasteiger partial charge in [-0.05, 0) is 19.4 Å². The molecule has 9 heteroatoms. The molecular formula is C18H18N4O2S3. The summed E-state index contributed by atoms with van der Waals surface area (Å²) >= 11 is 3.99. The number of thioether (sulfide) groups is 1. The van der Waals surface area contributed by atoms with E-state index in [2.05, 4.69) is 33.6 Å². The van der Waals surface area contributed by atoms with Crippen LogP contribution in [0.15, 0.2) is 35.2 Å². The Labute approximate surface area is 169 Å². The normalized spacial score (nSPS) is 10.6. The zero-order valence-corrected chi connectivity index (χ0v) is 17.3. The highest BCUT2D eigenvalue weighted by Crippen LogP contribution is 2.28. The number of rotatable bonds is 7. The number of amides is 2. The van der Waals surface area contributed by atoms with Gasteiger partial charge in [-0.3, -0.25) is 9.59 Å². The highest BCUT2D eigenvalue weighted by atomic mass is 32.2. The minimum atomic E-state index is -0.177. The molecule has 0 radical (unpaired) electrons. The summed E-state index contributed by atoms with van der Waals surface area (Å²) in [6, 6.07) is 6.20. The second kappa shape index (κ2) is 9.12. The number of nitrogens with zero attached hydrogens (tertiary/aromatic N) is 2. The van der Waals surface area contributed by atoms with Gasteiger partial charge in [0, 0.05) is 22.5 Å². The fourth-order valence-corrected chi connectivity index (χ4v) is 4.28. The maximum atomic E-state index is 12.1. The summed E-state index contributed by atoms with van der Waals surface area (Å²) in [4.78, 5) is 32.3. The maximum Gasteiger partial charge on any atom is 0.236 e. The van der Waals surface area contributed by atoms with Crippen LogP contribution in [0.25, 0.3) is 11.3 Å². The number of hydrogen-bond donors (Lipinski definition) is 2. The molecule has 0 saturated heterocycles. The number of aryl methyl sites for hydroxylation is 2. The third-order valence-electron chi connectivity index (χ3n) is 3.55. The Bertz CT molecular complexity index is 938. The van der Waals surface area contributed by atoms with E-state index in [9.17, 15) is 9.59 Å². The third kappa shape index (κ3) is 5.62. The summed E-state index contributed by atoms with van der Waals surface area (Å²) in [6.07, 6.45) is 1.63. The van der Waals surface area contributed by atoms with Gasteiger partial charge in [0.2, 0.25) is 11.8 Å². The minimum Gasteiger partial charge on any atom is -0.301 e. The molecule has 2 aromatic heterocycles. The minimum absolute atomic E-state index is 0.172. The number of carbonyl (C=O) groups excluding carboxylic acids is 2. The van der Waals surface area contributed by atoms with E-state index >= 15 is 0 Å². The standard InChI is InChI=1S/C18H18N4O2S3/c1-11-3-4-13(12(2)7-11)14-8-27-18(20-14)22-16(24)10-25-9-15(23)21-17-19-5-6-26-17/h3-8H,9-10H2,1-2H3,(H,19,21,23)(H,20,22,24). The van der Waals surface area contributed by atoms with Crippen molar-refractivity contribution in [2.24, 2.45) is 0 Å². The average molecular weight is 419 g/mol. The van der Waals surface area contributed by atoms with Gasteiger partial charge in [0.05, 0.1) is 17.2 Å². The Balaban J connectivity index is 1.47. The molecule has 6 nitrogen and oxygen atoms in total. The number of benzene rings is 1. The summed E-state index contributed by atoms with van der Waals surface area (Å²) in [5.74, 6) is 0.0281. The van der Waals surface area contributed by atoms with Gasteiger partial charge in [-0.25, -0.2) is 9.97 Å². The van der Waals surface area contributed by atoms with Crippen molar-refractivity contribution < 1.29 is 9.59 Å². The van der Waals surface area contributed by atoms with Gasteiger partial charge in [-0.1, -0.05) is 23.8 Å². The SMILES string of the molecule is Cc1ccc(-c2csc(NC(=O)CSCC(=O)Nc3nccs3)n2)c(C)c1. The van der Waals surface area contributed by atoms with Gasteiger partial charge in [0.15, 0.2) is 10.3 Å². The zero-order chi connectivity index (χ0) is 19.2. The van der Waals surface area contributed by atoms with E-state index in [1.54, 1.807) is 11.6 Å². The van der Waals surface area contributed by atoms with Gasteiger partial charge in [0.1, 0.15) is 0 Å². The van der Waals surface area contributed by atoms with E-state index in [0.29, 0.717) is 10.3 Å². The topological polar surface area (TPSA) is 84.0 Å². The second-order valence-corrected chi connectivity index (χ2v) is 8.52. The smallest absolute Gasteiger partial charge is 0.236 e. The molecule has 27 heavy (non-hydrogen) atoms. The lowest BCUT2D eigenvalue weighted by atomic mass is 10.0. The van der Waals surface area contributed by atoms with Gasteiger partial charge < -0.3 is 10.6 Å². The first-order valence-electron chi connectivity index (χ1n) is 8.11. The molecule has 140 valence electrons. The van der Waals surface area contributed by atoms with Crippen molar-refractivity contribution in [2.75, 3.05) is 22.1 Å². The third-order valence-corrected chi connectivity index (χ3v) is 5.93. The first-order chi connectivity index (χ1) is 13.0. The van der Waals surface area contributed by atoms with Crippen LogP contribution < -0.4 is 10.6 Å². The van der Waals surface area contributed by atoms with E-state index in [1.807, 2.05) is 24.4 Å². The van der Waals surface area contributed by atoms with Crippen molar-refractivity contribution in [2.45, 2.75) is 13.8 Å². The molecule has 2 heterocycles. The van der Waals surface area contributed by atoms with Gasteiger partial charge in [-0.15, -0.1) is 34.4 Å². The van der Waals surface area contributed by atoms with Crippen molar-refractivity contribution in [1.29, 1.82) is 0 Å². The van der Waals surface area contributed by atoms with Crippen molar-refractivity contribution in [3.63, 3.8) is 0 Å². The number of anilines is 2. The number of aromatic nitrogens is 2. The van der Waals surface area contributed by atoms with Crippen molar-refractivity contribution >= 4 is 56.5 Å². The summed E-state index contributed by atoms with van der Waals surface area (Å²) in [6.45, 7) is 4.10. The lowest BCUT2D eigenvalue weighted by molar-refractivity contribution is -0.114. The lowest BCUT2D eigenvalue weighted by Gasteiger charge is -2.04. The van der Waals surface area contributed by atoms with Crippen LogP contribution in [0.5, 0.6) is 0 Å². The molecule has 0 aliphatic carbocycles. The van der Waals surface area contributed by atoms with Crippen LogP contribution in [0.2, 0.25) is 0 Å². The molecule has 2 N–H and O–H groups in total. The van der Waals surface area contributed by atoms with E-state index in [1.165, 1.54) is 40.0 Å². The van der Waals surface area contributed by atoms with Crippen LogP contribution in [0.3, 0.4) is 0 Å². The second-order valence-electron chi connectivity index (χ2n) is 5.78. The molecule has 0 unspecified atom stereocenters. The van der Waals surface area contributed by atoms with Crippen LogP contribution in [0.4, 0.5) is 10.3 Å². The molecule has 1 aromatic carbocycles. The molecule has 0 fully saturated rings. The molecule has 0 saturated carbocycles. The molecule has 2 amide bonds. The van der Waals surface area contributed by atoms with E-state index in [4.69, 9.17) is 0 Å². The fourth-order valence-electron chi connectivity index (χ4n) is 2.39. The van der Waals surface area contributed by atoms with E-state index in [0.717, 1.165) is 16.8 Å². The summed E-state index contributed by atoms with van der Waals surface area (Å²) in [7, 11) is 0. The number of thiazole rings is 2. The molecule has 0 spiro atoms. The first-order valence-corrected chi connectivity index (χ1v) is 11.0. The van der Waals surface area contributed by atoms with Crippen molar-refractivity contribution in [3.8, 4) is 11.3 Å². The van der Waals surface area contributed by atoms with Crippen LogP contribution in [-0.4, -0.2) is 33.3 Å². The first kappa shape index (κ1) is 19.5. The zero-order valence-electron chi connectivity index (χ0n) is 14.8. The van der Waals surface area contributed by atoms with Gasteiger partial charge in [-0.2, -0.15) is 0 Å². The molecule has 0 bridgehead atoms.